The van der Waals surface area contributed by atoms with Crippen LogP contribution in [0.25, 0.3) is 0 Å². The summed E-state index contributed by atoms with van der Waals surface area (Å²) in [7, 11) is 0. The molecular weight excluding hydrogens is 514 g/mol. The van der Waals surface area contributed by atoms with E-state index in [4.69, 9.17) is 25.4 Å². The van der Waals surface area contributed by atoms with E-state index in [9.17, 15) is 14.4 Å². The lowest BCUT2D eigenvalue weighted by molar-refractivity contribution is -0.193. The highest BCUT2D eigenvalue weighted by Crippen LogP contribution is 2.63. The molecule has 11 nitrogen and oxygen atoms in total. The van der Waals surface area contributed by atoms with Crippen molar-refractivity contribution >= 4 is 23.7 Å². The molecule has 1 aromatic heterocycles. The number of ether oxygens (including phenoxy) is 3. The van der Waals surface area contributed by atoms with E-state index in [0.29, 0.717) is 18.4 Å². The lowest BCUT2D eigenvalue weighted by Crippen LogP contribution is -2.59. The molecule has 6 atom stereocenters. The van der Waals surface area contributed by atoms with E-state index in [0.717, 1.165) is 24.8 Å². The number of nitrogens with zero attached hydrogens (tertiary/aromatic N) is 3. The summed E-state index contributed by atoms with van der Waals surface area (Å²) in [6.07, 6.45) is 6.89. The minimum Gasteiger partial charge on any atom is -0.465 e. The molecule has 0 spiro atoms. The highest BCUT2D eigenvalue weighted by atomic mass is 16.6. The Labute approximate surface area is 235 Å². The summed E-state index contributed by atoms with van der Waals surface area (Å²) in [6, 6.07) is -0.493. The summed E-state index contributed by atoms with van der Waals surface area (Å²) in [5.74, 6) is -1.10. The van der Waals surface area contributed by atoms with Crippen molar-refractivity contribution < 1.29 is 28.6 Å². The van der Waals surface area contributed by atoms with Crippen LogP contribution in [0.4, 0.5) is 0 Å². The summed E-state index contributed by atoms with van der Waals surface area (Å²) in [5.41, 5.74) is 6.31. The number of esters is 3. The number of fused-ring (bicyclic) bond motifs is 1. The second kappa shape index (κ2) is 11.5. The summed E-state index contributed by atoms with van der Waals surface area (Å²) in [6.45, 7) is 12.7. The highest BCUT2D eigenvalue weighted by Gasteiger charge is 2.60. The molecule has 2 fully saturated rings. The summed E-state index contributed by atoms with van der Waals surface area (Å²) in [5, 5.41) is 12.1. The van der Waals surface area contributed by atoms with Gasteiger partial charge in [-0.25, -0.2) is 14.5 Å². The first-order valence-electron chi connectivity index (χ1n) is 14.1. The average molecular weight is 556 g/mol. The maximum atomic E-state index is 12.7. The molecule has 2 saturated carbocycles. The Bertz CT molecular complexity index is 1220. The van der Waals surface area contributed by atoms with E-state index >= 15 is 0 Å². The van der Waals surface area contributed by atoms with Gasteiger partial charge in [-0.3, -0.25) is 15.0 Å². The van der Waals surface area contributed by atoms with Gasteiger partial charge in [0.2, 0.25) is 5.82 Å². The molecule has 3 aliphatic rings. The van der Waals surface area contributed by atoms with Gasteiger partial charge >= 0.3 is 17.9 Å². The fraction of sp³-hybridized carbons (Fsp3) is 0.655. The minimum atomic E-state index is -0.599. The molecule has 40 heavy (non-hydrogen) atoms. The number of hydrogen-bond acceptors (Lipinski definition) is 9. The molecule has 4 rings (SSSR count). The number of rotatable bonds is 10. The molecule has 2 unspecified atom stereocenters. The number of carbonyl (C=O) groups is 3. The molecular formula is C29H41N5O6. The van der Waals surface area contributed by atoms with Crippen LogP contribution in [0.5, 0.6) is 0 Å². The molecule has 1 aliphatic heterocycles. The van der Waals surface area contributed by atoms with Gasteiger partial charge in [0, 0.05) is 18.3 Å². The Morgan fingerprint density at radius 1 is 1.27 bits per heavy atom. The van der Waals surface area contributed by atoms with Gasteiger partial charge in [0.25, 0.3) is 0 Å². The topological polar surface area (TPSA) is 159 Å². The molecule has 0 radical (unpaired) electrons. The van der Waals surface area contributed by atoms with E-state index in [1.807, 2.05) is 0 Å². The normalized spacial score (nSPS) is 30.6. The Balaban J connectivity index is 1.71. The van der Waals surface area contributed by atoms with E-state index in [-0.39, 0.29) is 73.0 Å². The number of hydrogen-bond donors (Lipinski definition) is 2. The molecule has 0 aromatic carbocycles. The fourth-order valence-corrected chi connectivity index (χ4v) is 7.17. The maximum Gasteiger partial charge on any atom is 0.336 e. The zero-order valence-corrected chi connectivity index (χ0v) is 23.9. The van der Waals surface area contributed by atoms with Gasteiger partial charge in [-0.1, -0.05) is 39.8 Å². The molecule has 218 valence electrons. The van der Waals surface area contributed by atoms with Gasteiger partial charge in [-0.2, -0.15) is 0 Å². The second-order valence-corrected chi connectivity index (χ2v) is 11.7. The van der Waals surface area contributed by atoms with Gasteiger partial charge in [-0.15, -0.1) is 5.10 Å². The van der Waals surface area contributed by atoms with Gasteiger partial charge < -0.3 is 19.9 Å². The summed E-state index contributed by atoms with van der Waals surface area (Å²) in [4.78, 5) is 41.5. The lowest BCUT2D eigenvalue weighted by atomic mass is 9.46. The van der Waals surface area contributed by atoms with Crippen molar-refractivity contribution in [3.05, 3.63) is 36.0 Å². The maximum absolute atomic E-state index is 12.7. The van der Waals surface area contributed by atoms with Crippen molar-refractivity contribution in [3.63, 3.8) is 0 Å². The van der Waals surface area contributed by atoms with E-state index in [1.165, 1.54) is 6.33 Å². The van der Waals surface area contributed by atoms with Crippen molar-refractivity contribution in [2.24, 2.45) is 28.4 Å². The van der Waals surface area contributed by atoms with Gasteiger partial charge in [0.05, 0.1) is 11.6 Å². The standard InChI is InChI=1S/C29H41N5O6/c1-6-23(35)39-15-29(5)21-9-8-17(3)19(28(21,4)12-10-22(29)40-24(36)7-2)14-20(18-11-13-38-27(18)37)34-16-32-26(33-34)25(30)31/h11,16,19-22H,3,6-10,12-15H2,1-2,4-5H3,(H3,30,31)/t19-,20?,21?,22-,28+,29-/m1/s1. The quantitative estimate of drug-likeness (QED) is 0.144. The van der Waals surface area contributed by atoms with E-state index in [1.54, 1.807) is 24.6 Å². The SMILES string of the molecule is C=C1CCC2[C@@](C)(CC[C@@H](OC(=O)CC)[C@]2(C)COC(=O)CC)[C@@H]1CC(C1=CCOC1=O)n1cnc(C(=N)N)n1. The molecule has 3 N–H and O–H groups in total. The van der Waals surface area contributed by atoms with Crippen LogP contribution < -0.4 is 5.73 Å². The molecule has 0 saturated heterocycles. The largest absolute Gasteiger partial charge is 0.465 e. The monoisotopic (exact) mass is 555 g/mol. The lowest BCUT2D eigenvalue weighted by Gasteiger charge is -2.60. The first-order chi connectivity index (χ1) is 18.9. The van der Waals surface area contributed by atoms with Crippen LogP contribution in [0.1, 0.15) is 84.5 Å². The Kier molecular flexibility index (Phi) is 8.51. The first kappa shape index (κ1) is 29.5. The Morgan fingerprint density at radius 2 is 2.00 bits per heavy atom. The second-order valence-electron chi connectivity index (χ2n) is 11.7. The molecule has 1 aromatic rings. The van der Waals surface area contributed by atoms with Crippen molar-refractivity contribution in [3.8, 4) is 0 Å². The fourth-order valence-electron chi connectivity index (χ4n) is 7.17. The van der Waals surface area contributed by atoms with Crippen LogP contribution in [0.3, 0.4) is 0 Å². The zero-order chi connectivity index (χ0) is 29.2. The molecule has 0 amide bonds. The van der Waals surface area contributed by atoms with E-state index in [2.05, 4.69) is 30.5 Å². The van der Waals surface area contributed by atoms with Crippen LogP contribution in [-0.2, 0) is 28.6 Å². The van der Waals surface area contributed by atoms with Crippen LogP contribution >= 0.6 is 0 Å². The summed E-state index contributed by atoms with van der Waals surface area (Å²) < 4.78 is 18.5. The van der Waals surface area contributed by atoms with Crippen molar-refractivity contribution in [2.45, 2.75) is 84.8 Å². The smallest absolute Gasteiger partial charge is 0.336 e. The number of carbonyl (C=O) groups excluding carboxylic acids is 3. The van der Waals surface area contributed by atoms with E-state index < -0.39 is 17.4 Å². The van der Waals surface area contributed by atoms with Crippen LogP contribution in [0.2, 0.25) is 0 Å². The van der Waals surface area contributed by atoms with Crippen LogP contribution in [0.15, 0.2) is 30.1 Å². The third kappa shape index (κ3) is 5.42. The number of allylic oxidation sites excluding steroid dienone is 1. The highest BCUT2D eigenvalue weighted by molar-refractivity contribution is 5.92. The van der Waals surface area contributed by atoms with Gasteiger partial charge in [0.1, 0.15) is 25.6 Å². The third-order valence-corrected chi connectivity index (χ3v) is 9.35. The number of amidine groups is 1. The van der Waals surface area contributed by atoms with Crippen LogP contribution in [-0.4, -0.2) is 57.8 Å². The zero-order valence-electron chi connectivity index (χ0n) is 23.9. The molecule has 2 aliphatic carbocycles. The molecule has 11 heteroatoms. The third-order valence-electron chi connectivity index (χ3n) is 9.35. The number of nitrogen functional groups attached to an aromatic ring is 1. The number of cyclic esters (lactones) is 1. The summed E-state index contributed by atoms with van der Waals surface area (Å²) >= 11 is 0. The molecule has 0 bridgehead atoms. The predicted octanol–water partition coefficient (Wildman–Crippen LogP) is 3.64. The Morgan fingerprint density at radius 3 is 2.60 bits per heavy atom. The first-order valence-corrected chi connectivity index (χ1v) is 14.1. The molecule has 2 heterocycles. The minimum absolute atomic E-state index is 0.0282. The predicted molar refractivity (Wildman–Crippen MR) is 146 cm³/mol. The van der Waals surface area contributed by atoms with Crippen LogP contribution in [0, 0.1) is 28.1 Å². The number of aromatic nitrogens is 3. The average Bonchev–Trinajstić information content (AvgIpc) is 3.58. The van der Waals surface area contributed by atoms with Gasteiger partial charge in [0.15, 0.2) is 5.84 Å². The van der Waals surface area contributed by atoms with Crippen molar-refractivity contribution in [2.75, 3.05) is 13.2 Å². The van der Waals surface area contributed by atoms with Crippen molar-refractivity contribution in [1.82, 2.24) is 14.8 Å². The van der Waals surface area contributed by atoms with Gasteiger partial charge in [-0.05, 0) is 55.4 Å². The Hall–Kier alpha value is -3.50. The number of nitrogens with two attached hydrogens (primary N) is 1. The number of nitrogens with one attached hydrogen (secondary N) is 1. The van der Waals surface area contributed by atoms with Crippen molar-refractivity contribution in [1.29, 1.82) is 5.41 Å².